The number of carbonyl (C=O) groups excluding carboxylic acids is 1. The summed E-state index contributed by atoms with van der Waals surface area (Å²) in [6, 6.07) is 7.46. The Morgan fingerprint density at radius 2 is 2.13 bits per heavy atom. The zero-order chi connectivity index (χ0) is 21.4. The van der Waals surface area contributed by atoms with Gasteiger partial charge in [0.15, 0.2) is 6.10 Å². The van der Waals surface area contributed by atoms with Crippen molar-refractivity contribution in [2.45, 2.75) is 31.8 Å². The Morgan fingerprint density at radius 3 is 3.00 bits per heavy atom. The molecule has 3 heterocycles. The van der Waals surface area contributed by atoms with Crippen LogP contribution in [0.2, 0.25) is 0 Å². The summed E-state index contributed by atoms with van der Waals surface area (Å²) in [5, 5.41) is 8.67. The molecule has 0 bridgehead atoms. The van der Waals surface area contributed by atoms with Crippen LogP contribution in [0.3, 0.4) is 0 Å². The van der Waals surface area contributed by atoms with Crippen LogP contribution in [0.25, 0.3) is 11.4 Å². The van der Waals surface area contributed by atoms with Crippen LogP contribution in [-0.2, 0) is 24.6 Å². The summed E-state index contributed by atoms with van der Waals surface area (Å²) in [6.07, 6.45) is 3.61. The van der Waals surface area contributed by atoms with Crippen molar-refractivity contribution in [2.75, 3.05) is 26.8 Å². The van der Waals surface area contributed by atoms with E-state index in [0.29, 0.717) is 42.9 Å². The van der Waals surface area contributed by atoms with Gasteiger partial charge in [-0.05, 0) is 37.8 Å². The van der Waals surface area contributed by atoms with Crippen LogP contribution >= 0.6 is 0 Å². The van der Waals surface area contributed by atoms with E-state index in [2.05, 4.69) is 15.2 Å². The lowest BCUT2D eigenvalue weighted by atomic mass is 9.95. The lowest BCUT2D eigenvalue weighted by molar-refractivity contribution is -0.0370. The quantitative estimate of drug-likeness (QED) is 0.636. The van der Waals surface area contributed by atoms with E-state index < -0.39 is 6.10 Å². The van der Waals surface area contributed by atoms with Gasteiger partial charge in [-0.15, -0.1) is 0 Å². The Balaban J connectivity index is 1.35. The number of methoxy groups -OCH3 is 1. The van der Waals surface area contributed by atoms with Crippen molar-refractivity contribution in [1.29, 1.82) is 0 Å². The van der Waals surface area contributed by atoms with E-state index in [1.54, 1.807) is 16.7 Å². The first-order chi connectivity index (χ1) is 15.1. The molecule has 0 unspecified atom stereocenters. The zero-order valence-electron chi connectivity index (χ0n) is 17.7. The summed E-state index contributed by atoms with van der Waals surface area (Å²) in [5.41, 5.74) is 3.64. The van der Waals surface area contributed by atoms with E-state index in [1.807, 2.05) is 31.3 Å². The van der Waals surface area contributed by atoms with Crippen molar-refractivity contribution in [1.82, 2.24) is 24.8 Å². The normalized spacial score (nSPS) is 18.6. The Kier molecular flexibility index (Phi) is 5.19. The molecular formula is C22H25N5O4. The van der Waals surface area contributed by atoms with E-state index in [4.69, 9.17) is 14.0 Å². The number of rotatable bonds is 4. The monoisotopic (exact) mass is 423 g/mol. The van der Waals surface area contributed by atoms with Crippen molar-refractivity contribution in [3.8, 4) is 17.1 Å². The number of ether oxygens (including phenoxy) is 2. The molecule has 1 atom stereocenters. The first-order valence-electron chi connectivity index (χ1n) is 10.6. The highest BCUT2D eigenvalue weighted by molar-refractivity contribution is 5.94. The predicted molar refractivity (Wildman–Crippen MR) is 111 cm³/mol. The predicted octanol–water partition coefficient (Wildman–Crippen LogP) is 2.57. The molecule has 1 aliphatic carbocycles. The maximum atomic E-state index is 13.4. The molecule has 1 amide bonds. The van der Waals surface area contributed by atoms with Gasteiger partial charge in [-0.25, -0.2) is 0 Å². The van der Waals surface area contributed by atoms with Gasteiger partial charge in [-0.3, -0.25) is 9.48 Å². The van der Waals surface area contributed by atoms with E-state index >= 15 is 0 Å². The Labute approximate surface area is 179 Å². The van der Waals surface area contributed by atoms with E-state index in [9.17, 15) is 4.79 Å². The van der Waals surface area contributed by atoms with E-state index in [-0.39, 0.29) is 5.91 Å². The molecule has 9 nitrogen and oxygen atoms in total. The van der Waals surface area contributed by atoms with Crippen LogP contribution in [-0.4, -0.2) is 57.5 Å². The SMILES string of the molecule is COc1cccc(-c2noc([C@H]3CN(C(=O)c4c5c(nn4C)CCCC5)CCO3)n2)c1. The molecule has 31 heavy (non-hydrogen) atoms. The number of morpholine rings is 1. The highest BCUT2D eigenvalue weighted by Crippen LogP contribution is 2.28. The maximum Gasteiger partial charge on any atom is 0.272 e. The van der Waals surface area contributed by atoms with Crippen LogP contribution in [0.5, 0.6) is 5.75 Å². The molecule has 0 spiro atoms. The molecule has 1 aromatic carbocycles. The van der Waals surface area contributed by atoms with Crippen molar-refractivity contribution in [2.24, 2.45) is 7.05 Å². The summed E-state index contributed by atoms with van der Waals surface area (Å²) < 4.78 is 18.3. The molecule has 9 heteroatoms. The fourth-order valence-electron chi connectivity index (χ4n) is 4.33. The smallest absolute Gasteiger partial charge is 0.272 e. The molecule has 5 rings (SSSR count). The second-order valence-corrected chi connectivity index (χ2v) is 7.90. The topological polar surface area (TPSA) is 95.5 Å². The van der Waals surface area contributed by atoms with Gasteiger partial charge in [-0.2, -0.15) is 10.1 Å². The van der Waals surface area contributed by atoms with Crippen LogP contribution in [0, 0.1) is 0 Å². The molecule has 2 aliphatic rings. The molecule has 1 saturated heterocycles. The number of hydrogen-bond acceptors (Lipinski definition) is 7. The molecule has 0 N–H and O–H groups in total. The highest BCUT2D eigenvalue weighted by atomic mass is 16.5. The van der Waals surface area contributed by atoms with Crippen LogP contribution in [0.1, 0.15) is 46.6 Å². The standard InChI is InChI=1S/C22H25N5O4/c1-26-19(16-8-3-4-9-17(16)24-26)22(28)27-10-11-30-18(13-27)21-23-20(25-31-21)14-6-5-7-15(12-14)29-2/h5-7,12,18H,3-4,8-11,13H2,1-2H3/t18-/m1/s1. The zero-order valence-corrected chi connectivity index (χ0v) is 17.7. The van der Waals surface area contributed by atoms with Crippen LogP contribution in [0.4, 0.5) is 0 Å². The fourth-order valence-corrected chi connectivity index (χ4v) is 4.33. The molecule has 2 aromatic heterocycles. The summed E-state index contributed by atoms with van der Waals surface area (Å²) in [7, 11) is 3.46. The number of carbonyl (C=O) groups is 1. The van der Waals surface area contributed by atoms with Crippen LogP contribution in [0.15, 0.2) is 28.8 Å². The third-order valence-electron chi connectivity index (χ3n) is 5.92. The number of aromatic nitrogens is 4. The Bertz CT molecular complexity index is 1110. The Hall–Kier alpha value is -3.20. The first kappa shape index (κ1) is 19.7. The largest absolute Gasteiger partial charge is 0.497 e. The summed E-state index contributed by atoms with van der Waals surface area (Å²) >= 11 is 0. The fraction of sp³-hybridized carbons (Fsp3) is 0.455. The molecule has 1 aliphatic heterocycles. The number of amides is 1. The molecule has 0 saturated carbocycles. The van der Waals surface area contributed by atoms with Crippen molar-refractivity contribution in [3.63, 3.8) is 0 Å². The average molecular weight is 423 g/mol. The first-order valence-corrected chi connectivity index (χ1v) is 10.6. The van der Waals surface area contributed by atoms with Gasteiger partial charge >= 0.3 is 0 Å². The second kappa shape index (κ2) is 8.14. The Morgan fingerprint density at radius 1 is 1.26 bits per heavy atom. The highest BCUT2D eigenvalue weighted by Gasteiger charge is 2.33. The summed E-state index contributed by atoms with van der Waals surface area (Å²) in [5.74, 6) is 1.53. The lowest BCUT2D eigenvalue weighted by Crippen LogP contribution is -2.43. The van der Waals surface area contributed by atoms with Gasteiger partial charge in [0.25, 0.3) is 11.8 Å². The van der Waals surface area contributed by atoms with Gasteiger partial charge in [0, 0.05) is 24.7 Å². The van der Waals surface area contributed by atoms with Gasteiger partial charge in [0.1, 0.15) is 11.4 Å². The second-order valence-electron chi connectivity index (χ2n) is 7.90. The molecule has 3 aromatic rings. The maximum absolute atomic E-state index is 13.4. The third-order valence-corrected chi connectivity index (χ3v) is 5.92. The molecular weight excluding hydrogens is 398 g/mol. The lowest BCUT2D eigenvalue weighted by Gasteiger charge is -2.31. The summed E-state index contributed by atoms with van der Waals surface area (Å²) in [4.78, 5) is 19.7. The van der Waals surface area contributed by atoms with Crippen LogP contribution < -0.4 is 4.74 Å². The van der Waals surface area contributed by atoms with Crippen molar-refractivity contribution < 1.29 is 18.8 Å². The van der Waals surface area contributed by atoms with Crippen molar-refractivity contribution in [3.05, 3.63) is 47.1 Å². The average Bonchev–Trinajstić information content (AvgIpc) is 3.43. The third kappa shape index (κ3) is 3.69. The minimum atomic E-state index is -0.464. The van der Waals surface area contributed by atoms with E-state index in [0.717, 1.165) is 42.5 Å². The van der Waals surface area contributed by atoms with Gasteiger partial charge < -0.3 is 18.9 Å². The molecule has 1 fully saturated rings. The number of hydrogen-bond donors (Lipinski definition) is 0. The molecule has 162 valence electrons. The molecule has 0 radical (unpaired) electrons. The summed E-state index contributed by atoms with van der Waals surface area (Å²) in [6.45, 7) is 1.29. The van der Waals surface area contributed by atoms with Gasteiger partial charge in [0.2, 0.25) is 5.82 Å². The van der Waals surface area contributed by atoms with Crippen molar-refractivity contribution >= 4 is 5.91 Å². The number of benzene rings is 1. The number of nitrogens with zero attached hydrogens (tertiary/aromatic N) is 5. The van der Waals surface area contributed by atoms with Gasteiger partial charge in [0.05, 0.1) is 26.0 Å². The number of aryl methyl sites for hydroxylation is 2. The minimum absolute atomic E-state index is 0.0148. The van der Waals surface area contributed by atoms with E-state index in [1.165, 1.54) is 0 Å². The number of fused-ring (bicyclic) bond motifs is 1. The minimum Gasteiger partial charge on any atom is -0.497 e. The van der Waals surface area contributed by atoms with Gasteiger partial charge in [-0.1, -0.05) is 17.3 Å².